The third-order valence-corrected chi connectivity index (χ3v) is 4.51. The molecule has 28 heavy (non-hydrogen) atoms. The zero-order valence-corrected chi connectivity index (χ0v) is 19.7. The Balaban J connectivity index is 0.00000190. The summed E-state index contributed by atoms with van der Waals surface area (Å²) in [5.41, 5.74) is 5.20. The van der Waals surface area contributed by atoms with Gasteiger partial charge >= 0.3 is 22.4 Å². The van der Waals surface area contributed by atoms with Gasteiger partial charge in [0, 0.05) is 24.0 Å². The molecule has 0 bridgehead atoms. The third-order valence-electron chi connectivity index (χ3n) is 4.09. The molecule has 8 heteroatoms. The molecule has 0 saturated carbocycles. The number of benzene rings is 2. The fourth-order valence-corrected chi connectivity index (χ4v) is 2.72. The van der Waals surface area contributed by atoms with Gasteiger partial charge in [-0.3, -0.25) is 4.79 Å². The zero-order valence-electron chi connectivity index (χ0n) is 16.3. The molecule has 0 aliphatic rings. The van der Waals surface area contributed by atoms with E-state index in [4.69, 9.17) is 28.8 Å². The van der Waals surface area contributed by atoms with Gasteiger partial charge in [0.05, 0.1) is 6.54 Å². The fraction of sp³-hybridized carbons (Fsp3) is 0.350. The summed E-state index contributed by atoms with van der Waals surface area (Å²) in [5.74, 6) is 0.537. The van der Waals surface area contributed by atoms with Crippen LogP contribution in [0.4, 0.5) is 11.4 Å². The number of carbonyl (C=O) groups is 1. The van der Waals surface area contributed by atoms with Crippen LogP contribution in [0.5, 0.6) is 0 Å². The molecule has 0 radical (unpaired) electrons. The Morgan fingerprint density at radius 3 is 2.25 bits per heavy atom. The maximum absolute atomic E-state index is 12.3. The van der Waals surface area contributed by atoms with Crippen molar-refractivity contribution in [2.24, 2.45) is 0 Å². The Bertz CT molecular complexity index is 765. The third kappa shape index (κ3) is 7.68. The van der Waals surface area contributed by atoms with Crippen molar-refractivity contribution >= 4 is 42.5 Å². The number of rotatable bonds is 8. The molecule has 0 heterocycles. The number of anilines is 2. The molecule has 4 N–H and O–H groups in total. The van der Waals surface area contributed by atoms with Gasteiger partial charge in [0.25, 0.3) is 0 Å². The average Bonchev–Trinajstić information content (AvgIpc) is 2.70. The van der Waals surface area contributed by atoms with E-state index in [0.29, 0.717) is 5.75 Å². The molecule has 0 aliphatic carbocycles. The Labute approximate surface area is 188 Å². The molecular formula is C20H26N3O2S2Tc+2. The van der Waals surface area contributed by atoms with Gasteiger partial charge in [-0.1, -0.05) is 36.8 Å². The van der Waals surface area contributed by atoms with E-state index in [1.54, 1.807) is 13.8 Å². The summed E-state index contributed by atoms with van der Waals surface area (Å²) in [6, 6.07) is 14.4. The number of carbonyl (C=O) groups excluding carboxylic acids is 1. The molecule has 0 saturated heterocycles. The van der Waals surface area contributed by atoms with E-state index in [1.807, 2.05) is 31.3 Å². The molecule has 0 unspecified atom stereocenters. The van der Waals surface area contributed by atoms with Crippen LogP contribution in [0.2, 0.25) is 0 Å². The Kier molecular flexibility index (Phi) is 11.0. The van der Waals surface area contributed by atoms with E-state index >= 15 is 0 Å². The Morgan fingerprint density at radius 1 is 1.11 bits per heavy atom. The van der Waals surface area contributed by atoms with Crippen LogP contribution < -0.4 is 16.0 Å². The minimum atomic E-state index is -0.844. The summed E-state index contributed by atoms with van der Waals surface area (Å²) >= 11 is 11.2. The molecule has 1 amide bonds. The van der Waals surface area contributed by atoms with Crippen molar-refractivity contribution in [2.45, 2.75) is 25.1 Å². The van der Waals surface area contributed by atoms with Crippen LogP contribution in [0.3, 0.4) is 0 Å². The van der Waals surface area contributed by atoms with Crippen molar-refractivity contribution in [3.63, 3.8) is 0 Å². The number of amides is 1. The van der Waals surface area contributed by atoms with Gasteiger partial charge in [-0.2, -0.15) is 0 Å². The van der Waals surface area contributed by atoms with Gasteiger partial charge in [-0.05, 0) is 35.4 Å². The van der Waals surface area contributed by atoms with Crippen LogP contribution in [-0.2, 0) is 59.0 Å². The molecule has 2 aromatic carbocycles. The maximum atomic E-state index is 12.3. The van der Waals surface area contributed by atoms with E-state index in [9.17, 15) is 4.79 Å². The number of nitrogens with one attached hydrogen (secondary N) is 2. The van der Waals surface area contributed by atoms with Crippen LogP contribution in [0, 0.1) is 0 Å². The predicted octanol–water partition coefficient (Wildman–Crippen LogP) is 2.15. The molecule has 0 aliphatic heterocycles. The Hall–Kier alpha value is -1.18. The van der Waals surface area contributed by atoms with Crippen molar-refractivity contribution in [3.8, 4) is 11.1 Å². The predicted molar refractivity (Wildman–Crippen MR) is 115 cm³/mol. The minimum absolute atomic E-state index is 0.164. The summed E-state index contributed by atoms with van der Waals surface area (Å²) in [6.07, 6.45) is 0. The molecule has 2 rings (SSSR count). The molecular weight excluding hydrogens is 476 g/mol. The van der Waals surface area contributed by atoms with E-state index < -0.39 is 4.75 Å². The average molecular weight is 503 g/mol. The molecule has 2 aromatic rings. The van der Waals surface area contributed by atoms with E-state index in [2.05, 4.69) is 34.1 Å². The second-order valence-corrected chi connectivity index (χ2v) is 8.08. The topological polar surface area (TPSA) is 74.8 Å². The van der Waals surface area contributed by atoms with Crippen LogP contribution in [0.25, 0.3) is 11.1 Å². The van der Waals surface area contributed by atoms with Gasteiger partial charge in [0.1, 0.15) is 6.54 Å². The number of hydrogen-bond acceptors (Lipinski definition) is 5. The number of nitrogens with two attached hydrogens (primary N) is 1. The van der Waals surface area contributed by atoms with Gasteiger partial charge in [-0.15, -0.1) is 5.75 Å². The molecule has 0 aromatic heterocycles. The van der Waals surface area contributed by atoms with Gasteiger partial charge < -0.3 is 41.2 Å². The second kappa shape index (κ2) is 12.4. The van der Waals surface area contributed by atoms with Crippen LogP contribution in [0.15, 0.2) is 42.5 Å². The first kappa shape index (κ1) is 24.9. The zero-order chi connectivity index (χ0) is 21.2. The Morgan fingerprint density at radius 2 is 1.71 bits per heavy atom. The summed E-state index contributed by atoms with van der Waals surface area (Å²) in [4.78, 5) is 12.3. The van der Waals surface area contributed by atoms with Crippen LogP contribution >= 0.6 is 0 Å². The van der Waals surface area contributed by atoms with Gasteiger partial charge in [0.2, 0.25) is 5.91 Å². The van der Waals surface area contributed by atoms with Crippen molar-refractivity contribution < 1.29 is 32.5 Å². The van der Waals surface area contributed by atoms with Crippen molar-refractivity contribution in [1.29, 1.82) is 0 Å². The van der Waals surface area contributed by atoms with Crippen molar-refractivity contribution in [2.75, 3.05) is 30.0 Å². The first-order valence-electron chi connectivity index (χ1n) is 8.83. The summed E-state index contributed by atoms with van der Waals surface area (Å²) in [7, 11) is 1.90. The standard InChI is InChI=1S/C20H27N3OS2.O.Tc/c1-20(2,26)19(24)23-18-9-6-15(12-16(18)13-22-10-11-25)14-4-7-17(21-3)8-5-14;;/h4-9,12,21-22,25-26H,10-11,13H2,1-3H3,(H,23,24);;/q;;+3/p-1. The normalized spacial score (nSPS) is 10.6. The van der Waals surface area contributed by atoms with E-state index in [1.165, 1.54) is 0 Å². The molecule has 5 nitrogen and oxygen atoms in total. The summed E-state index contributed by atoms with van der Waals surface area (Å²) in [5, 5.41) is 8.26. The molecule has 0 fully saturated rings. The van der Waals surface area contributed by atoms with Crippen LogP contribution in [0.1, 0.15) is 19.4 Å². The fourth-order valence-electron chi connectivity index (χ4n) is 2.51. The SMILES string of the molecule is CNc1ccc(-c2ccc(NC(=O)C(C)(C)[S-])c(C[NH2+]CC[S-])c2)cc1.[O]=[Tc+3]. The van der Waals surface area contributed by atoms with Gasteiger partial charge in [0.15, 0.2) is 0 Å². The first-order valence-corrected chi connectivity index (χ1v) is 10.6. The number of quaternary nitrogens is 1. The van der Waals surface area contributed by atoms with Crippen LogP contribution in [-0.4, -0.2) is 30.0 Å². The quantitative estimate of drug-likeness (QED) is 0.381. The van der Waals surface area contributed by atoms with Crippen molar-refractivity contribution in [1.82, 2.24) is 0 Å². The van der Waals surface area contributed by atoms with Gasteiger partial charge in [-0.25, -0.2) is 0 Å². The summed E-state index contributed by atoms with van der Waals surface area (Å²) in [6.45, 7) is 5.10. The van der Waals surface area contributed by atoms with E-state index in [0.717, 1.165) is 60.0 Å². The van der Waals surface area contributed by atoms with Crippen molar-refractivity contribution in [3.05, 3.63) is 48.0 Å². The molecule has 0 spiro atoms. The monoisotopic (exact) mass is 501 g/mol. The first-order chi connectivity index (χ1) is 13.3. The number of hydrogen-bond donors (Lipinski definition) is 3. The summed E-state index contributed by atoms with van der Waals surface area (Å²) < 4.78 is 7.38. The van der Waals surface area contributed by atoms with E-state index in [-0.39, 0.29) is 5.91 Å². The second-order valence-electron chi connectivity index (χ2n) is 6.65. The molecule has 150 valence electrons. The molecule has 0 atom stereocenters.